The van der Waals surface area contributed by atoms with Crippen LogP contribution in [0.25, 0.3) is 0 Å². The van der Waals surface area contributed by atoms with E-state index in [1.807, 2.05) is 29.4 Å². The van der Waals surface area contributed by atoms with Gasteiger partial charge in [0, 0.05) is 45.1 Å². The van der Waals surface area contributed by atoms with Crippen molar-refractivity contribution in [3.63, 3.8) is 0 Å². The van der Waals surface area contributed by atoms with Gasteiger partial charge in [-0.05, 0) is 30.5 Å². The number of likely N-dealkylation sites (tertiary alicyclic amines) is 1. The summed E-state index contributed by atoms with van der Waals surface area (Å²) in [6.07, 6.45) is 5.58. The van der Waals surface area contributed by atoms with Crippen molar-refractivity contribution in [2.45, 2.75) is 25.5 Å². The highest BCUT2D eigenvalue weighted by Gasteiger charge is 2.31. The highest BCUT2D eigenvalue weighted by atomic mass is 16.5. The van der Waals surface area contributed by atoms with Crippen molar-refractivity contribution in [1.82, 2.24) is 14.8 Å². The molecule has 5 heteroatoms. The third-order valence-corrected chi connectivity index (χ3v) is 4.00. The van der Waals surface area contributed by atoms with E-state index < -0.39 is 0 Å². The molecule has 1 aromatic rings. The second-order valence-electron chi connectivity index (χ2n) is 5.48. The molecule has 0 aromatic carbocycles. The number of carbonyl (C=O) groups excluding carboxylic acids is 1. The zero-order valence-corrected chi connectivity index (χ0v) is 11.7. The van der Waals surface area contributed by atoms with Crippen LogP contribution < -0.4 is 0 Å². The number of ether oxygens (including phenoxy) is 1. The van der Waals surface area contributed by atoms with Crippen molar-refractivity contribution in [2.75, 3.05) is 32.8 Å². The maximum absolute atomic E-state index is 12.4. The minimum absolute atomic E-state index is 0.168. The van der Waals surface area contributed by atoms with Crippen molar-refractivity contribution in [3.05, 3.63) is 30.1 Å². The lowest BCUT2D eigenvalue weighted by Crippen LogP contribution is -2.50. The van der Waals surface area contributed by atoms with E-state index in [-0.39, 0.29) is 12.0 Å². The van der Waals surface area contributed by atoms with Gasteiger partial charge in [-0.3, -0.25) is 14.7 Å². The molecule has 0 spiro atoms. The first-order chi connectivity index (χ1) is 9.83. The molecule has 20 heavy (non-hydrogen) atoms. The summed E-state index contributed by atoms with van der Waals surface area (Å²) < 4.78 is 5.67. The molecule has 0 aliphatic carbocycles. The SMILES string of the molecule is O=C(C1CN(Cc2ccncc2)CCO1)N1CCCC1. The molecule has 2 fully saturated rings. The fraction of sp³-hybridized carbons (Fsp3) is 0.600. The summed E-state index contributed by atoms with van der Waals surface area (Å²) in [5.74, 6) is 0.168. The molecule has 2 aliphatic rings. The Morgan fingerprint density at radius 2 is 2.00 bits per heavy atom. The van der Waals surface area contributed by atoms with Crippen LogP contribution in [0.1, 0.15) is 18.4 Å². The first kappa shape index (κ1) is 13.5. The lowest BCUT2D eigenvalue weighted by Gasteiger charge is -2.33. The molecule has 1 aromatic heterocycles. The Morgan fingerprint density at radius 3 is 2.75 bits per heavy atom. The van der Waals surface area contributed by atoms with Crippen LogP contribution in [0, 0.1) is 0 Å². The molecular weight excluding hydrogens is 254 g/mol. The van der Waals surface area contributed by atoms with Gasteiger partial charge in [-0.25, -0.2) is 0 Å². The first-order valence-corrected chi connectivity index (χ1v) is 7.34. The van der Waals surface area contributed by atoms with Gasteiger partial charge < -0.3 is 9.64 Å². The Labute approximate surface area is 119 Å². The van der Waals surface area contributed by atoms with E-state index in [4.69, 9.17) is 4.74 Å². The van der Waals surface area contributed by atoms with E-state index >= 15 is 0 Å². The van der Waals surface area contributed by atoms with Crippen molar-refractivity contribution in [2.24, 2.45) is 0 Å². The summed E-state index contributed by atoms with van der Waals surface area (Å²) in [6, 6.07) is 4.04. The number of nitrogens with zero attached hydrogens (tertiary/aromatic N) is 3. The van der Waals surface area contributed by atoms with Gasteiger partial charge in [-0.1, -0.05) is 0 Å². The van der Waals surface area contributed by atoms with Crippen molar-refractivity contribution >= 4 is 5.91 Å². The van der Waals surface area contributed by atoms with Crippen LogP contribution in [-0.2, 0) is 16.1 Å². The highest BCUT2D eigenvalue weighted by Crippen LogP contribution is 2.15. The van der Waals surface area contributed by atoms with Gasteiger partial charge in [0.2, 0.25) is 0 Å². The molecule has 0 saturated carbocycles. The molecule has 108 valence electrons. The maximum Gasteiger partial charge on any atom is 0.253 e. The average molecular weight is 275 g/mol. The van der Waals surface area contributed by atoms with Gasteiger partial charge in [0.1, 0.15) is 6.10 Å². The Hall–Kier alpha value is -1.46. The lowest BCUT2D eigenvalue weighted by molar-refractivity contribution is -0.148. The third-order valence-electron chi connectivity index (χ3n) is 4.00. The van der Waals surface area contributed by atoms with Gasteiger partial charge in [0.25, 0.3) is 5.91 Å². The van der Waals surface area contributed by atoms with E-state index in [1.165, 1.54) is 5.56 Å². The minimum atomic E-state index is -0.288. The Morgan fingerprint density at radius 1 is 1.25 bits per heavy atom. The fourth-order valence-corrected chi connectivity index (χ4v) is 2.88. The number of hydrogen-bond acceptors (Lipinski definition) is 4. The molecule has 1 unspecified atom stereocenters. The lowest BCUT2D eigenvalue weighted by atomic mass is 10.2. The van der Waals surface area contributed by atoms with Crippen molar-refractivity contribution in [1.29, 1.82) is 0 Å². The molecule has 3 rings (SSSR count). The molecule has 2 saturated heterocycles. The number of hydrogen-bond donors (Lipinski definition) is 0. The number of carbonyl (C=O) groups is 1. The standard InChI is InChI=1S/C15H21N3O2/c19-15(18-7-1-2-8-18)14-12-17(9-10-20-14)11-13-3-5-16-6-4-13/h3-6,14H,1-2,7-12H2. The zero-order chi connectivity index (χ0) is 13.8. The summed E-state index contributed by atoms with van der Waals surface area (Å²) in [7, 11) is 0. The summed E-state index contributed by atoms with van der Waals surface area (Å²) in [5.41, 5.74) is 1.23. The summed E-state index contributed by atoms with van der Waals surface area (Å²) in [5, 5.41) is 0. The predicted octanol–water partition coefficient (Wildman–Crippen LogP) is 0.905. The predicted molar refractivity (Wildman–Crippen MR) is 75.1 cm³/mol. The van der Waals surface area contributed by atoms with E-state index in [2.05, 4.69) is 9.88 Å². The second kappa shape index (κ2) is 6.33. The fourth-order valence-electron chi connectivity index (χ4n) is 2.88. The summed E-state index contributed by atoms with van der Waals surface area (Å²) in [6.45, 7) is 4.85. The van der Waals surface area contributed by atoms with Gasteiger partial charge in [-0.2, -0.15) is 0 Å². The summed E-state index contributed by atoms with van der Waals surface area (Å²) >= 11 is 0. The monoisotopic (exact) mass is 275 g/mol. The van der Waals surface area contributed by atoms with Crippen LogP contribution in [-0.4, -0.2) is 59.6 Å². The van der Waals surface area contributed by atoms with Crippen LogP contribution in [0.5, 0.6) is 0 Å². The molecular formula is C15H21N3O2. The average Bonchev–Trinajstić information content (AvgIpc) is 3.02. The Bertz CT molecular complexity index is 446. The van der Waals surface area contributed by atoms with Crippen LogP contribution in [0.15, 0.2) is 24.5 Å². The number of morpholine rings is 1. The Kier molecular flexibility index (Phi) is 4.28. The third kappa shape index (κ3) is 3.16. The van der Waals surface area contributed by atoms with Gasteiger partial charge >= 0.3 is 0 Å². The smallest absolute Gasteiger partial charge is 0.253 e. The number of rotatable bonds is 3. The van der Waals surface area contributed by atoms with Gasteiger partial charge in [-0.15, -0.1) is 0 Å². The topological polar surface area (TPSA) is 45.7 Å². The van der Waals surface area contributed by atoms with Crippen LogP contribution in [0.3, 0.4) is 0 Å². The largest absolute Gasteiger partial charge is 0.366 e. The van der Waals surface area contributed by atoms with Crippen molar-refractivity contribution < 1.29 is 9.53 Å². The maximum atomic E-state index is 12.4. The Balaban J connectivity index is 1.57. The van der Waals surface area contributed by atoms with Gasteiger partial charge in [0.05, 0.1) is 6.61 Å². The zero-order valence-electron chi connectivity index (χ0n) is 11.7. The van der Waals surface area contributed by atoms with E-state index in [9.17, 15) is 4.79 Å². The molecule has 1 atom stereocenters. The number of amides is 1. The van der Waals surface area contributed by atoms with Crippen LogP contribution >= 0.6 is 0 Å². The molecule has 0 radical (unpaired) electrons. The van der Waals surface area contributed by atoms with Gasteiger partial charge in [0.15, 0.2) is 0 Å². The second-order valence-corrected chi connectivity index (χ2v) is 5.48. The van der Waals surface area contributed by atoms with E-state index in [1.54, 1.807) is 0 Å². The first-order valence-electron chi connectivity index (χ1n) is 7.34. The molecule has 0 bridgehead atoms. The van der Waals surface area contributed by atoms with Crippen LogP contribution in [0.4, 0.5) is 0 Å². The molecule has 2 aliphatic heterocycles. The number of aromatic nitrogens is 1. The minimum Gasteiger partial charge on any atom is -0.366 e. The normalized spacial score (nSPS) is 24.0. The molecule has 0 N–H and O–H groups in total. The van der Waals surface area contributed by atoms with Crippen molar-refractivity contribution in [3.8, 4) is 0 Å². The molecule has 3 heterocycles. The van der Waals surface area contributed by atoms with E-state index in [0.717, 1.165) is 39.0 Å². The molecule has 1 amide bonds. The quantitative estimate of drug-likeness (QED) is 0.822. The summed E-state index contributed by atoms with van der Waals surface area (Å²) in [4.78, 5) is 20.6. The highest BCUT2D eigenvalue weighted by molar-refractivity contribution is 5.81. The number of pyridine rings is 1. The molecule has 5 nitrogen and oxygen atoms in total. The van der Waals surface area contributed by atoms with Crippen LogP contribution in [0.2, 0.25) is 0 Å². The van der Waals surface area contributed by atoms with E-state index in [0.29, 0.717) is 13.2 Å².